The largest absolute Gasteiger partial charge is 0.508 e. The number of aromatic hydroxyl groups is 2. The van der Waals surface area contributed by atoms with Crippen molar-refractivity contribution >= 4 is 27.8 Å². The van der Waals surface area contributed by atoms with Gasteiger partial charge < -0.3 is 24.4 Å². The molecule has 2 aromatic heterocycles. The first kappa shape index (κ1) is 23.9. The molecule has 0 aliphatic carbocycles. The van der Waals surface area contributed by atoms with Gasteiger partial charge in [0.1, 0.15) is 23.3 Å². The molecule has 3 N–H and O–H groups in total. The molecule has 37 heavy (non-hydrogen) atoms. The van der Waals surface area contributed by atoms with Crippen molar-refractivity contribution in [2.75, 3.05) is 7.11 Å². The van der Waals surface area contributed by atoms with Crippen LogP contribution in [-0.4, -0.2) is 28.3 Å². The molecule has 0 saturated heterocycles. The van der Waals surface area contributed by atoms with Crippen LogP contribution in [0.25, 0.3) is 33.0 Å². The zero-order chi connectivity index (χ0) is 26.3. The van der Waals surface area contributed by atoms with Crippen molar-refractivity contribution in [2.24, 2.45) is 0 Å². The van der Waals surface area contributed by atoms with Gasteiger partial charge in [0.05, 0.1) is 24.5 Å². The number of nitrogens with one attached hydrogen (secondary N) is 1. The van der Waals surface area contributed by atoms with E-state index in [1.54, 1.807) is 18.2 Å². The van der Waals surface area contributed by atoms with Gasteiger partial charge in [-0.3, -0.25) is 14.4 Å². The highest BCUT2D eigenvalue weighted by Crippen LogP contribution is 2.39. The zero-order valence-electron chi connectivity index (χ0n) is 20.1. The molecule has 0 unspecified atom stereocenters. The highest BCUT2D eigenvalue weighted by Gasteiger charge is 2.29. The number of pyridine rings is 1. The van der Waals surface area contributed by atoms with E-state index in [2.05, 4.69) is 4.98 Å². The number of hydrogen-bond donors (Lipinski definition) is 3. The number of aromatic nitrogens is 1. The van der Waals surface area contributed by atoms with Crippen LogP contribution < -0.4 is 11.0 Å². The lowest BCUT2D eigenvalue weighted by atomic mass is 9.86. The first-order valence-corrected chi connectivity index (χ1v) is 11.5. The van der Waals surface area contributed by atoms with Crippen LogP contribution in [0.2, 0.25) is 0 Å². The highest BCUT2D eigenvalue weighted by molar-refractivity contribution is 5.88. The molecule has 3 aromatic carbocycles. The van der Waals surface area contributed by atoms with Crippen molar-refractivity contribution < 1.29 is 24.2 Å². The van der Waals surface area contributed by atoms with E-state index in [0.29, 0.717) is 11.1 Å². The normalized spacial score (nSPS) is 12.1. The van der Waals surface area contributed by atoms with Crippen LogP contribution >= 0.6 is 0 Å². The van der Waals surface area contributed by atoms with Gasteiger partial charge in [-0.25, -0.2) is 0 Å². The molecule has 8 nitrogen and oxygen atoms in total. The lowest BCUT2D eigenvalue weighted by molar-refractivity contribution is -0.140. The van der Waals surface area contributed by atoms with Gasteiger partial charge in [0, 0.05) is 22.6 Å². The maximum atomic E-state index is 13.4. The Kier molecular flexibility index (Phi) is 6.01. The second-order valence-corrected chi connectivity index (χ2v) is 8.88. The van der Waals surface area contributed by atoms with Crippen molar-refractivity contribution in [3.05, 3.63) is 104 Å². The van der Waals surface area contributed by atoms with Gasteiger partial charge >= 0.3 is 5.97 Å². The number of aromatic amines is 1. The lowest BCUT2D eigenvalue weighted by Crippen LogP contribution is -2.20. The predicted molar refractivity (Wildman–Crippen MR) is 139 cm³/mol. The number of phenols is 2. The van der Waals surface area contributed by atoms with E-state index < -0.39 is 17.4 Å². The summed E-state index contributed by atoms with van der Waals surface area (Å²) < 4.78 is 10.8. The van der Waals surface area contributed by atoms with E-state index >= 15 is 0 Å². The van der Waals surface area contributed by atoms with E-state index in [0.717, 1.165) is 10.9 Å². The maximum Gasteiger partial charge on any atom is 0.306 e. The summed E-state index contributed by atoms with van der Waals surface area (Å²) in [7, 11) is 1.24. The van der Waals surface area contributed by atoms with Crippen LogP contribution in [0.5, 0.6) is 11.5 Å². The van der Waals surface area contributed by atoms with Gasteiger partial charge in [0.15, 0.2) is 0 Å². The van der Waals surface area contributed by atoms with Crippen LogP contribution in [-0.2, 0) is 9.53 Å². The van der Waals surface area contributed by atoms with Gasteiger partial charge in [0.25, 0.3) is 5.56 Å². The average molecular weight is 498 g/mol. The minimum absolute atomic E-state index is 0.0579. The molecule has 0 fully saturated rings. The summed E-state index contributed by atoms with van der Waals surface area (Å²) in [6, 6.07) is 16.1. The molecule has 2 heterocycles. The Morgan fingerprint density at radius 1 is 1.03 bits per heavy atom. The topological polar surface area (TPSA) is 130 Å². The Morgan fingerprint density at radius 3 is 2.51 bits per heavy atom. The molecule has 0 spiro atoms. The number of carbonyl (C=O) groups excluding carboxylic acids is 1. The Labute approximate surface area is 210 Å². The van der Waals surface area contributed by atoms with E-state index in [4.69, 9.17) is 9.15 Å². The van der Waals surface area contributed by atoms with Gasteiger partial charge in [-0.1, -0.05) is 24.3 Å². The van der Waals surface area contributed by atoms with Crippen molar-refractivity contribution in [1.82, 2.24) is 4.98 Å². The average Bonchev–Trinajstić information content (AvgIpc) is 2.88. The molecule has 0 amide bonds. The summed E-state index contributed by atoms with van der Waals surface area (Å²) in [5.41, 5.74) is 2.01. The SMILES string of the molecule is COC(=O)C[C@@H](c1cc2ccc(C)cc2[nH]c1=O)c1c(O)ccc2c(=O)c(-c3ccc(O)cc3)coc12. The third kappa shape index (κ3) is 4.33. The van der Waals surface area contributed by atoms with Gasteiger partial charge in [0.2, 0.25) is 5.43 Å². The van der Waals surface area contributed by atoms with Crippen LogP contribution in [0.4, 0.5) is 0 Å². The molecule has 0 bridgehead atoms. The van der Waals surface area contributed by atoms with Gasteiger partial charge in [-0.05, 0) is 59.8 Å². The molecule has 1 atom stereocenters. The van der Waals surface area contributed by atoms with E-state index in [1.807, 2.05) is 25.1 Å². The fourth-order valence-electron chi connectivity index (χ4n) is 4.60. The van der Waals surface area contributed by atoms with Crippen LogP contribution in [0.3, 0.4) is 0 Å². The van der Waals surface area contributed by atoms with Crippen LogP contribution in [0.15, 0.2) is 80.9 Å². The number of H-pyrrole nitrogens is 1. The maximum absolute atomic E-state index is 13.4. The van der Waals surface area contributed by atoms with Crippen molar-refractivity contribution in [1.29, 1.82) is 0 Å². The summed E-state index contributed by atoms with van der Waals surface area (Å²) >= 11 is 0. The molecule has 0 aliphatic rings. The summed E-state index contributed by atoms with van der Waals surface area (Å²) in [5.74, 6) is -1.74. The number of fused-ring (bicyclic) bond motifs is 2. The fourth-order valence-corrected chi connectivity index (χ4v) is 4.60. The van der Waals surface area contributed by atoms with Crippen LogP contribution in [0.1, 0.15) is 29.0 Å². The van der Waals surface area contributed by atoms with E-state index in [-0.39, 0.29) is 51.0 Å². The zero-order valence-corrected chi connectivity index (χ0v) is 20.1. The molecule has 8 heteroatoms. The summed E-state index contributed by atoms with van der Waals surface area (Å²) in [5, 5.41) is 21.4. The predicted octanol–water partition coefficient (Wildman–Crippen LogP) is 4.72. The number of methoxy groups -OCH3 is 1. The second-order valence-electron chi connectivity index (χ2n) is 8.88. The Balaban J connectivity index is 1.76. The van der Waals surface area contributed by atoms with Crippen molar-refractivity contribution in [3.63, 3.8) is 0 Å². The number of phenolic OH excluding ortho intramolecular Hbond substituents is 2. The highest BCUT2D eigenvalue weighted by atomic mass is 16.5. The summed E-state index contributed by atoms with van der Waals surface area (Å²) in [6.45, 7) is 1.91. The molecule has 0 aliphatic heterocycles. The van der Waals surface area contributed by atoms with Gasteiger partial charge in [-0.2, -0.15) is 0 Å². The summed E-state index contributed by atoms with van der Waals surface area (Å²) in [4.78, 5) is 41.9. The second kappa shape index (κ2) is 9.31. The molecule has 0 radical (unpaired) electrons. The minimum atomic E-state index is -0.965. The molecule has 5 aromatic rings. The standard InChI is InChI=1S/C29H23NO7/c1-15-3-4-17-12-21(29(35)30-23(17)11-15)20(13-25(33)36-2)26-24(32)10-9-19-27(34)22(14-37-28(19)26)16-5-7-18(31)8-6-16/h3-12,14,20,31-32H,13H2,1-2H3,(H,30,35)/t20-/m0/s1. The van der Waals surface area contributed by atoms with Crippen molar-refractivity contribution in [2.45, 2.75) is 19.3 Å². The number of carbonyl (C=O) groups is 1. The number of hydrogen-bond acceptors (Lipinski definition) is 7. The fraction of sp³-hybridized carbons (Fsp3) is 0.138. The first-order chi connectivity index (χ1) is 17.8. The molecular weight excluding hydrogens is 474 g/mol. The first-order valence-electron chi connectivity index (χ1n) is 11.5. The molecule has 0 saturated carbocycles. The number of benzene rings is 3. The van der Waals surface area contributed by atoms with E-state index in [1.165, 1.54) is 37.6 Å². The van der Waals surface area contributed by atoms with E-state index in [9.17, 15) is 24.6 Å². The molecular formula is C29H23NO7. The third-order valence-electron chi connectivity index (χ3n) is 6.49. The van der Waals surface area contributed by atoms with Crippen molar-refractivity contribution in [3.8, 4) is 22.6 Å². The Bertz CT molecular complexity index is 1780. The van der Waals surface area contributed by atoms with Crippen LogP contribution in [0, 0.1) is 6.92 Å². The Hall–Kier alpha value is -4.85. The third-order valence-corrected chi connectivity index (χ3v) is 6.49. The minimum Gasteiger partial charge on any atom is -0.508 e. The lowest BCUT2D eigenvalue weighted by Gasteiger charge is -2.19. The monoisotopic (exact) mass is 497 g/mol. The number of ether oxygens (including phenoxy) is 1. The summed E-state index contributed by atoms with van der Waals surface area (Å²) in [6.07, 6.45) is 0.996. The quantitative estimate of drug-likeness (QED) is 0.300. The number of aryl methyl sites for hydroxylation is 1. The number of rotatable bonds is 5. The number of esters is 1. The Morgan fingerprint density at radius 2 is 1.78 bits per heavy atom. The van der Waals surface area contributed by atoms with Gasteiger partial charge in [-0.15, -0.1) is 0 Å². The molecule has 5 rings (SSSR count). The smallest absolute Gasteiger partial charge is 0.306 e. The molecule has 186 valence electrons.